The Morgan fingerprint density at radius 2 is 1.79 bits per heavy atom. The molecule has 0 N–H and O–H groups in total. The van der Waals surface area contributed by atoms with Crippen molar-refractivity contribution in [3.05, 3.63) is 29.8 Å². The smallest absolute Gasteiger partial charge is 0.338 e. The summed E-state index contributed by atoms with van der Waals surface area (Å²) in [5.74, 6) is -0.106. The average molecular weight is 425 g/mol. The minimum Gasteiger partial charge on any atom is -0.452 e. The number of carbonyl (C=O) groups excluding carboxylic acids is 2. The predicted octanol–water partition coefficient (Wildman–Crippen LogP) is 1.37. The number of likely N-dealkylation sites (tertiary alicyclic amines) is 1. The molecule has 160 valence electrons. The van der Waals surface area contributed by atoms with Crippen molar-refractivity contribution in [1.29, 1.82) is 0 Å². The molecule has 29 heavy (non-hydrogen) atoms. The summed E-state index contributed by atoms with van der Waals surface area (Å²) in [6.07, 6.45) is 1.08. The normalized spacial score (nSPS) is 23.6. The summed E-state index contributed by atoms with van der Waals surface area (Å²) >= 11 is 0. The fraction of sp³-hybridized carbons (Fsp3) is 0.600. The number of hydrogen-bond acceptors (Lipinski definition) is 6. The van der Waals surface area contributed by atoms with Gasteiger partial charge in [-0.25, -0.2) is 13.2 Å². The number of benzene rings is 1. The number of ether oxygens (including phenoxy) is 2. The molecule has 1 aromatic carbocycles. The standard InChI is InChI=1S/C20H28N2O6S/c1-15-10-16(2)13-21(12-15)19(23)14-28-20(24)17-4-3-5-18(11-17)29(25,26)22-6-8-27-9-7-22/h3-5,11,15-16H,6-10,12-14H2,1-2H3/t15-,16+. The molecule has 3 rings (SSSR count). The Labute approximate surface area is 171 Å². The van der Waals surface area contributed by atoms with Crippen molar-refractivity contribution in [2.45, 2.75) is 25.2 Å². The summed E-state index contributed by atoms with van der Waals surface area (Å²) < 4.78 is 37.2. The summed E-state index contributed by atoms with van der Waals surface area (Å²) in [6.45, 7) is 6.41. The van der Waals surface area contributed by atoms with Gasteiger partial charge in [0.15, 0.2) is 6.61 Å². The van der Waals surface area contributed by atoms with Crippen LogP contribution in [-0.2, 0) is 24.3 Å². The van der Waals surface area contributed by atoms with E-state index in [4.69, 9.17) is 9.47 Å². The van der Waals surface area contributed by atoms with E-state index in [2.05, 4.69) is 13.8 Å². The molecule has 2 atom stereocenters. The second kappa shape index (κ2) is 9.23. The molecule has 9 heteroatoms. The zero-order chi connectivity index (χ0) is 21.0. The molecule has 8 nitrogen and oxygen atoms in total. The quantitative estimate of drug-likeness (QED) is 0.663. The highest BCUT2D eigenvalue weighted by Gasteiger charge is 2.28. The van der Waals surface area contributed by atoms with Crippen molar-refractivity contribution in [2.75, 3.05) is 46.0 Å². The van der Waals surface area contributed by atoms with Gasteiger partial charge >= 0.3 is 5.97 Å². The molecule has 1 amide bonds. The van der Waals surface area contributed by atoms with Gasteiger partial charge in [0.1, 0.15) is 0 Å². The average Bonchev–Trinajstić information content (AvgIpc) is 2.71. The largest absolute Gasteiger partial charge is 0.452 e. The van der Waals surface area contributed by atoms with Crippen LogP contribution in [0.3, 0.4) is 0 Å². The van der Waals surface area contributed by atoms with Gasteiger partial charge < -0.3 is 14.4 Å². The third-order valence-corrected chi connectivity index (χ3v) is 7.12. The zero-order valence-electron chi connectivity index (χ0n) is 16.9. The Balaban J connectivity index is 1.63. The van der Waals surface area contributed by atoms with Crippen LogP contribution in [0.4, 0.5) is 0 Å². The highest BCUT2D eigenvalue weighted by atomic mass is 32.2. The van der Waals surface area contributed by atoms with E-state index >= 15 is 0 Å². The summed E-state index contributed by atoms with van der Waals surface area (Å²) in [4.78, 5) is 26.5. The molecule has 2 fully saturated rings. The number of amides is 1. The van der Waals surface area contributed by atoms with Crippen molar-refractivity contribution < 1.29 is 27.5 Å². The fourth-order valence-electron chi connectivity index (χ4n) is 3.89. The maximum absolute atomic E-state index is 12.8. The van der Waals surface area contributed by atoms with Gasteiger partial charge in [0.2, 0.25) is 10.0 Å². The van der Waals surface area contributed by atoms with E-state index in [9.17, 15) is 18.0 Å². The van der Waals surface area contributed by atoms with Crippen LogP contribution in [0, 0.1) is 11.8 Å². The van der Waals surface area contributed by atoms with E-state index < -0.39 is 16.0 Å². The first-order chi connectivity index (χ1) is 13.8. The third kappa shape index (κ3) is 5.34. The number of carbonyl (C=O) groups is 2. The van der Waals surface area contributed by atoms with Crippen molar-refractivity contribution in [2.24, 2.45) is 11.8 Å². The summed E-state index contributed by atoms with van der Waals surface area (Å²) in [5, 5.41) is 0. The molecule has 2 aliphatic heterocycles. The zero-order valence-corrected chi connectivity index (χ0v) is 17.7. The van der Waals surface area contributed by atoms with Crippen molar-refractivity contribution in [3.8, 4) is 0 Å². The first-order valence-corrected chi connectivity index (χ1v) is 11.3. The van der Waals surface area contributed by atoms with Gasteiger partial charge in [-0.15, -0.1) is 0 Å². The second-order valence-electron chi connectivity index (χ2n) is 7.87. The van der Waals surface area contributed by atoms with Crippen LogP contribution in [0.5, 0.6) is 0 Å². The summed E-state index contributed by atoms with van der Waals surface area (Å²) in [6, 6.07) is 5.72. The SMILES string of the molecule is C[C@@H]1C[C@H](C)CN(C(=O)COC(=O)c2cccc(S(=O)(=O)N3CCOCC3)c2)C1. The first-order valence-electron chi connectivity index (χ1n) is 9.90. The van der Waals surface area contributed by atoms with E-state index in [-0.39, 0.29) is 36.1 Å². The highest BCUT2D eigenvalue weighted by molar-refractivity contribution is 7.89. The molecule has 0 bridgehead atoms. The Kier molecular flexibility index (Phi) is 6.92. The lowest BCUT2D eigenvalue weighted by Gasteiger charge is -2.34. The number of hydrogen-bond donors (Lipinski definition) is 0. The van der Waals surface area contributed by atoms with Gasteiger partial charge in [-0.1, -0.05) is 19.9 Å². The van der Waals surface area contributed by atoms with Crippen LogP contribution >= 0.6 is 0 Å². The van der Waals surface area contributed by atoms with Crippen molar-refractivity contribution in [1.82, 2.24) is 9.21 Å². The maximum atomic E-state index is 12.8. The van der Waals surface area contributed by atoms with E-state index in [0.717, 1.165) is 6.42 Å². The minimum atomic E-state index is -3.71. The van der Waals surface area contributed by atoms with E-state index in [1.807, 2.05) is 0 Å². The number of piperidine rings is 1. The molecular weight excluding hydrogens is 396 g/mol. The lowest BCUT2D eigenvalue weighted by atomic mass is 9.92. The van der Waals surface area contributed by atoms with Gasteiger partial charge in [-0.3, -0.25) is 4.79 Å². The van der Waals surface area contributed by atoms with Crippen molar-refractivity contribution in [3.63, 3.8) is 0 Å². The monoisotopic (exact) mass is 424 g/mol. The number of nitrogens with zero attached hydrogens (tertiary/aromatic N) is 2. The molecule has 0 unspecified atom stereocenters. The fourth-order valence-corrected chi connectivity index (χ4v) is 5.34. The minimum absolute atomic E-state index is 0.0267. The predicted molar refractivity (Wildman–Crippen MR) is 106 cm³/mol. The molecule has 1 aromatic rings. The number of rotatable bonds is 5. The lowest BCUT2D eigenvalue weighted by molar-refractivity contribution is -0.137. The molecule has 0 spiro atoms. The van der Waals surface area contributed by atoms with Gasteiger partial charge in [0, 0.05) is 26.2 Å². The van der Waals surface area contributed by atoms with Crippen molar-refractivity contribution >= 4 is 21.9 Å². The first kappa shape index (κ1) is 21.7. The Morgan fingerprint density at radius 3 is 2.45 bits per heavy atom. The molecule has 0 aromatic heterocycles. The van der Waals surface area contributed by atoms with Crippen LogP contribution < -0.4 is 0 Å². The number of morpholine rings is 1. The summed E-state index contributed by atoms with van der Waals surface area (Å²) in [7, 11) is -3.71. The molecule has 0 saturated carbocycles. The van der Waals surface area contributed by atoms with Crippen LogP contribution in [-0.4, -0.2) is 75.5 Å². The molecule has 0 radical (unpaired) electrons. The second-order valence-corrected chi connectivity index (χ2v) is 9.80. The van der Waals surface area contributed by atoms with E-state index in [1.54, 1.807) is 4.90 Å². The van der Waals surface area contributed by atoms with Crippen LogP contribution in [0.15, 0.2) is 29.2 Å². The van der Waals surface area contributed by atoms with Crippen LogP contribution in [0.25, 0.3) is 0 Å². The highest BCUT2D eigenvalue weighted by Crippen LogP contribution is 2.21. The summed E-state index contributed by atoms with van der Waals surface area (Å²) in [5.41, 5.74) is 0.104. The van der Waals surface area contributed by atoms with Gasteiger partial charge in [0.25, 0.3) is 5.91 Å². The van der Waals surface area contributed by atoms with Crippen LogP contribution in [0.2, 0.25) is 0 Å². The Bertz CT molecular complexity index is 840. The molecule has 2 aliphatic rings. The maximum Gasteiger partial charge on any atom is 0.338 e. The Hall–Kier alpha value is -1.97. The van der Waals surface area contributed by atoms with Gasteiger partial charge in [-0.2, -0.15) is 4.31 Å². The Morgan fingerprint density at radius 1 is 1.14 bits per heavy atom. The van der Waals surface area contributed by atoms with Gasteiger partial charge in [-0.05, 0) is 36.5 Å². The van der Waals surface area contributed by atoms with E-state index in [0.29, 0.717) is 38.1 Å². The lowest BCUT2D eigenvalue weighted by Crippen LogP contribution is -2.44. The molecule has 2 heterocycles. The van der Waals surface area contributed by atoms with Gasteiger partial charge in [0.05, 0.1) is 23.7 Å². The number of esters is 1. The number of sulfonamides is 1. The molecular formula is C20H28N2O6S. The molecule has 2 saturated heterocycles. The topological polar surface area (TPSA) is 93.2 Å². The van der Waals surface area contributed by atoms with E-state index in [1.165, 1.54) is 28.6 Å². The third-order valence-electron chi connectivity index (χ3n) is 5.23. The van der Waals surface area contributed by atoms with Crippen LogP contribution in [0.1, 0.15) is 30.6 Å². The molecule has 0 aliphatic carbocycles.